The number of nitrogens with one attached hydrogen (secondary N) is 1. The quantitative estimate of drug-likeness (QED) is 0.547. The molecule has 1 N–H and O–H groups in total. The molecular weight excluding hydrogens is 394 g/mol. The highest BCUT2D eigenvalue weighted by atomic mass is 35.5. The molecule has 1 amide bonds. The molecule has 29 heavy (non-hydrogen) atoms. The number of aryl methyl sites for hydroxylation is 2. The molecular formula is C22H22ClNO5. The highest BCUT2D eigenvalue weighted by Gasteiger charge is 2.23. The van der Waals surface area contributed by atoms with Crippen LogP contribution in [0, 0.1) is 13.8 Å². The van der Waals surface area contributed by atoms with Crippen LogP contribution in [0.2, 0.25) is 5.02 Å². The molecule has 0 bridgehead atoms. The van der Waals surface area contributed by atoms with Crippen molar-refractivity contribution in [2.75, 3.05) is 18.5 Å². The average Bonchev–Trinajstić information content (AvgIpc) is 3.06. The lowest BCUT2D eigenvalue weighted by molar-refractivity contribution is -0.119. The van der Waals surface area contributed by atoms with Gasteiger partial charge in [-0.1, -0.05) is 35.9 Å². The molecule has 6 nitrogen and oxygen atoms in total. The Morgan fingerprint density at radius 1 is 1.17 bits per heavy atom. The zero-order valence-electron chi connectivity index (χ0n) is 16.5. The molecule has 0 radical (unpaired) electrons. The summed E-state index contributed by atoms with van der Waals surface area (Å²) in [5, 5.41) is 3.89. The minimum Gasteiger partial charge on any atom is -0.450 e. The van der Waals surface area contributed by atoms with Crippen molar-refractivity contribution in [3.8, 4) is 0 Å². The topological polar surface area (TPSA) is 77.8 Å². The van der Waals surface area contributed by atoms with Crippen LogP contribution in [0.5, 0.6) is 0 Å². The molecule has 152 valence electrons. The summed E-state index contributed by atoms with van der Waals surface area (Å²) < 4.78 is 16.3. The number of halogens is 1. The standard InChI is InChI=1S/C22H22ClNO5/c1-4-27-11-16-15-7-5-6-8-18(15)29-21(16)22(26)28-12-19(25)24-20-14(3)9-13(2)10-17(20)23/h5-10H,4,11-12H2,1-3H3,(H,24,25). The summed E-state index contributed by atoms with van der Waals surface area (Å²) in [6.07, 6.45) is 0. The van der Waals surface area contributed by atoms with E-state index in [1.165, 1.54) is 0 Å². The molecule has 3 rings (SSSR count). The monoisotopic (exact) mass is 415 g/mol. The van der Waals surface area contributed by atoms with Crippen LogP contribution < -0.4 is 5.32 Å². The normalized spacial score (nSPS) is 10.9. The van der Waals surface area contributed by atoms with E-state index in [1.54, 1.807) is 12.1 Å². The zero-order valence-corrected chi connectivity index (χ0v) is 17.3. The molecule has 2 aromatic carbocycles. The second kappa shape index (κ2) is 9.11. The number of carbonyl (C=O) groups excluding carboxylic acids is 2. The SMILES string of the molecule is CCOCc1c(C(=O)OCC(=O)Nc2c(C)cc(C)cc2Cl)oc2ccccc12. The predicted octanol–water partition coefficient (Wildman–Crippen LogP) is 5.04. The van der Waals surface area contributed by atoms with E-state index in [0.717, 1.165) is 16.5 Å². The summed E-state index contributed by atoms with van der Waals surface area (Å²) in [4.78, 5) is 24.8. The number of fused-ring (bicyclic) bond motifs is 1. The molecule has 0 saturated carbocycles. The number of amides is 1. The van der Waals surface area contributed by atoms with E-state index in [0.29, 0.717) is 28.5 Å². The fourth-order valence-corrected chi connectivity index (χ4v) is 3.43. The molecule has 0 fully saturated rings. The fourth-order valence-electron chi connectivity index (χ4n) is 3.06. The fraction of sp³-hybridized carbons (Fsp3) is 0.273. The molecule has 0 unspecified atom stereocenters. The van der Waals surface area contributed by atoms with Gasteiger partial charge in [0.25, 0.3) is 5.91 Å². The van der Waals surface area contributed by atoms with Gasteiger partial charge >= 0.3 is 5.97 Å². The number of rotatable bonds is 7. The van der Waals surface area contributed by atoms with Gasteiger partial charge in [0, 0.05) is 17.6 Å². The first kappa shape index (κ1) is 20.9. The first-order chi connectivity index (χ1) is 13.9. The lowest BCUT2D eigenvalue weighted by Gasteiger charge is -2.11. The van der Waals surface area contributed by atoms with Crippen LogP contribution in [-0.4, -0.2) is 25.1 Å². The van der Waals surface area contributed by atoms with E-state index >= 15 is 0 Å². The van der Waals surface area contributed by atoms with E-state index in [2.05, 4.69) is 5.32 Å². The minimum absolute atomic E-state index is 0.0389. The molecule has 0 spiro atoms. The summed E-state index contributed by atoms with van der Waals surface area (Å²) >= 11 is 6.20. The number of carbonyl (C=O) groups is 2. The van der Waals surface area contributed by atoms with Crippen molar-refractivity contribution in [2.45, 2.75) is 27.4 Å². The van der Waals surface area contributed by atoms with Crippen molar-refractivity contribution in [3.63, 3.8) is 0 Å². The highest BCUT2D eigenvalue weighted by molar-refractivity contribution is 6.34. The van der Waals surface area contributed by atoms with Gasteiger partial charge in [0.1, 0.15) is 5.58 Å². The van der Waals surface area contributed by atoms with E-state index in [9.17, 15) is 9.59 Å². The van der Waals surface area contributed by atoms with Gasteiger partial charge in [-0.05, 0) is 44.0 Å². The molecule has 1 heterocycles. The van der Waals surface area contributed by atoms with Crippen LogP contribution in [0.3, 0.4) is 0 Å². The van der Waals surface area contributed by atoms with Crippen molar-refractivity contribution in [3.05, 3.63) is 63.9 Å². The first-order valence-corrected chi connectivity index (χ1v) is 9.60. The van der Waals surface area contributed by atoms with Gasteiger partial charge in [-0.3, -0.25) is 4.79 Å². The average molecular weight is 416 g/mol. The van der Waals surface area contributed by atoms with Crippen LogP contribution >= 0.6 is 11.6 Å². The van der Waals surface area contributed by atoms with Gasteiger partial charge in [0.2, 0.25) is 5.76 Å². The van der Waals surface area contributed by atoms with E-state index in [4.69, 9.17) is 25.5 Å². The third kappa shape index (κ3) is 4.78. The molecule has 0 aliphatic heterocycles. The van der Waals surface area contributed by atoms with Gasteiger partial charge in [0.15, 0.2) is 6.61 Å². The third-order valence-electron chi connectivity index (χ3n) is 4.36. The highest BCUT2D eigenvalue weighted by Crippen LogP contribution is 2.28. The first-order valence-electron chi connectivity index (χ1n) is 9.22. The Hall–Kier alpha value is -2.83. The summed E-state index contributed by atoms with van der Waals surface area (Å²) in [5.74, 6) is -1.18. The lowest BCUT2D eigenvalue weighted by atomic mass is 10.1. The number of esters is 1. The Morgan fingerprint density at radius 3 is 2.66 bits per heavy atom. The van der Waals surface area contributed by atoms with Crippen LogP contribution in [-0.2, 0) is 20.9 Å². The number of para-hydroxylation sites is 1. The molecule has 1 aromatic heterocycles. The van der Waals surface area contributed by atoms with Crippen molar-refractivity contribution < 1.29 is 23.5 Å². The van der Waals surface area contributed by atoms with Gasteiger partial charge in [0.05, 0.1) is 17.3 Å². The Bertz CT molecular complexity index is 1030. The number of hydrogen-bond donors (Lipinski definition) is 1. The maximum atomic E-state index is 12.6. The summed E-state index contributed by atoms with van der Waals surface area (Å²) in [6.45, 7) is 5.86. The van der Waals surface area contributed by atoms with Crippen LogP contribution in [0.15, 0.2) is 40.8 Å². The molecule has 7 heteroatoms. The van der Waals surface area contributed by atoms with Gasteiger partial charge in [-0.15, -0.1) is 0 Å². The largest absolute Gasteiger partial charge is 0.450 e. The van der Waals surface area contributed by atoms with Gasteiger partial charge in [-0.2, -0.15) is 0 Å². The summed E-state index contributed by atoms with van der Waals surface area (Å²) in [5.41, 5.74) is 3.47. The third-order valence-corrected chi connectivity index (χ3v) is 4.66. The maximum absolute atomic E-state index is 12.6. The summed E-state index contributed by atoms with van der Waals surface area (Å²) in [7, 11) is 0. The smallest absolute Gasteiger partial charge is 0.375 e. The molecule has 0 saturated heterocycles. The van der Waals surface area contributed by atoms with Crippen molar-refractivity contribution >= 4 is 40.1 Å². The van der Waals surface area contributed by atoms with Crippen LogP contribution in [0.1, 0.15) is 34.2 Å². The van der Waals surface area contributed by atoms with Crippen molar-refractivity contribution in [1.82, 2.24) is 0 Å². The maximum Gasteiger partial charge on any atom is 0.375 e. The van der Waals surface area contributed by atoms with E-state index < -0.39 is 18.5 Å². The Labute approximate surface area is 173 Å². The predicted molar refractivity (Wildman–Crippen MR) is 111 cm³/mol. The number of anilines is 1. The van der Waals surface area contributed by atoms with Gasteiger partial charge < -0.3 is 19.2 Å². The molecule has 0 aliphatic carbocycles. The lowest BCUT2D eigenvalue weighted by Crippen LogP contribution is -2.22. The number of ether oxygens (including phenoxy) is 2. The van der Waals surface area contributed by atoms with Crippen LogP contribution in [0.4, 0.5) is 5.69 Å². The van der Waals surface area contributed by atoms with Crippen molar-refractivity contribution in [1.29, 1.82) is 0 Å². The molecule has 0 atom stereocenters. The second-order valence-corrected chi connectivity index (χ2v) is 7.01. The number of hydrogen-bond acceptors (Lipinski definition) is 5. The number of furan rings is 1. The number of benzene rings is 2. The Kier molecular flexibility index (Phi) is 6.56. The van der Waals surface area contributed by atoms with Crippen molar-refractivity contribution in [2.24, 2.45) is 0 Å². The molecule has 0 aliphatic rings. The van der Waals surface area contributed by atoms with Gasteiger partial charge in [-0.25, -0.2) is 4.79 Å². The summed E-state index contributed by atoms with van der Waals surface area (Å²) in [6, 6.07) is 10.9. The Morgan fingerprint density at radius 2 is 1.93 bits per heavy atom. The zero-order chi connectivity index (χ0) is 21.0. The van der Waals surface area contributed by atoms with Crippen LogP contribution in [0.25, 0.3) is 11.0 Å². The molecule has 3 aromatic rings. The van der Waals surface area contributed by atoms with E-state index in [-0.39, 0.29) is 12.4 Å². The minimum atomic E-state index is -0.724. The second-order valence-electron chi connectivity index (χ2n) is 6.61. The Balaban J connectivity index is 1.72. The van der Waals surface area contributed by atoms with E-state index in [1.807, 2.05) is 45.0 Å².